The first-order valence-electron chi connectivity index (χ1n) is 8.04. The van der Waals surface area contributed by atoms with Crippen LogP contribution in [0.25, 0.3) is 10.9 Å². The molecule has 2 aromatic heterocycles. The summed E-state index contributed by atoms with van der Waals surface area (Å²) in [6.07, 6.45) is 7.91. The fraction of sp³-hybridized carbons (Fsp3) is 0.333. The predicted octanol–water partition coefficient (Wildman–Crippen LogP) is 2.70. The number of nitrogens with zero attached hydrogens (tertiary/aromatic N) is 2. The summed E-state index contributed by atoms with van der Waals surface area (Å²) in [6, 6.07) is 8.09. The molecule has 5 heteroatoms. The van der Waals surface area contributed by atoms with E-state index in [1.54, 1.807) is 6.33 Å². The van der Waals surface area contributed by atoms with Gasteiger partial charge in [0.2, 0.25) is 0 Å². The maximum absolute atomic E-state index is 9.08. The van der Waals surface area contributed by atoms with E-state index in [4.69, 9.17) is 5.26 Å². The highest BCUT2D eigenvalue weighted by molar-refractivity contribution is 5.85. The molecule has 1 aliphatic rings. The van der Waals surface area contributed by atoms with Gasteiger partial charge in [0.25, 0.3) is 0 Å². The highest BCUT2D eigenvalue weighted by Crippen LogP contribution is 2.49. The molecule has 0 bridgehead atoms. The maximum atomic E-state index is 9.08. The number of hydrogen-bond donors (Lipinski definition) is 3. The second-order valence-electron chi connectivity index (χ2n) is 6.25. The lowest BCUT2D eigenvalue weighted by Gasteiger charge is -2.03. The van der Waals surface area contributed by atoms with Gasteiger partial charge in [-0.15, -0.1) is 0 Å². The molecule has 2 atom stereocenters. The van der Waals surface area contributed by atoms with E-state index in [1.807, 2.05) is 24.4 Å². The van der Waals surface area contributed by atoms with Crippen molar-refractivity contribution >= 4 is 10.9 Å². The van der Waals surface area contributed by atoms with Gasteiger partial charge < -0.3 is 15.3 Å². The average molecular weight is 305 g/mol. The van der Waals surface area contributed by atoms with E-state index in [0.717, 1.165) is 30.6 Å². The number of benzene rings is 1. The van der Waals surface area contributed by atoms with Gasteiger partial charge in [0.05, 0.1) is 18.0 Å². The van der Waals surface area contributed by atoms with Crippen molar-refractivity contribution in [2.75, 3.05) is 13.1 Å². The van der Waals surface area contributed by atoms with Crippen LogP contribution in [0.4, 0.5) is 0 Å². The van der Waals surface area contributed by atoms with Crippen molar-refractivity contribution in [3.8, 4) is 6.07 Å². The summed E-state index contributed by atoms with van der Waals surface area (Å²) in [5, 5.41) is 13.8. The van der Waals surface area contributed by atoms with Crippen LogP contribution in [0.15, 0.2) is 36.9 Å². The van der Waals surface area contributed by atoms with Crippen LogP contribution >= 0.6 is 0 Å². The predicted molar refractivity (Wildman–Crippen MR) is 89.0 cm³/mol. The molecule has 0 aliphatic heterocycles. The Morgan fingerprint density at radius 2 is 2.30 bits per heavy atom. The van der Waals surface area contributed by atoms with E-state index in [9.17, 15) is 0 Å². The van der Waals surface area contributed by atoms with Gasteiger partial charge in [-0.1, -0.05) is 0 Å². The van der Waals surface area contributed by atoms with Crippen molar-refractivity contribution in [3.63, 3.8) is 0 Å². The minimum absolute atomic E-state index is 0.609. The Bertz CT molecular complexity index is 840. The molecule has 0 unspecified atom stereocenters. The van der Waals surface area contributed by atoms with Crippen LogP contribution < -0.4 is 5.32 Å². The lowest BCUT2D eigenvalue weighted by molar-refractivity contribution is 0.624. The lowest BCUT2D eigenvalue weighted by atomic mass is 10.1. The highest BCUT2D eigenvalue weighted by atomic mass is 14.9. The van der Waals surface area contributed by atoms with Gasteiger partial charge in [0.1, 0.15) is 0 Å². The van der Waals surface area contributed by atoms with Gasteiger partial charge in [-0.2, -0.15) is 5.26 Å². The number of fused-ring (bicyclic) bond motifs is 1. The molecule has 3 aromatic rings. The lowest BCUT2D eigenvalue weighted by Crippen LogP contribution is -2.20. The maximum Gasteiger partial charge on any atom is 0.0991 e. The number of imidazole rings is 1. The Morgan fingerprint density at radius 3 is 3.13 bits per heavy atom. The van der Waals surface area contributed by atoms with E-state index in [1.165, 1.54) is 23.1 Å². The molecule has 5 nitrogen and oxygen atoms in total. The van der Waals surface area contributed by atoms with Crippen molar-refractivity contribution in [1.82, 2.24) is 20.3 Å². The Labute approximate surface area is 134 Å². The van der Waals surface area contributed by atoms with Crippen LogP contribution in [0.2, 0.25) is 0 Å². The second-order valence-corrected chi connectivity index (χ2v) is 6.25. The third-order valence-corrected chi connectivity index (χ3v) is 4.70. The van der Waals surface area contributed by atoms with Crippen LogP contribution in [0.3, 0.4) is 0 Å². The fourth-order valence-electron chi connectivity index (χ4n) is 3.30. The fourth-order valence-corrected chi connectivity index (χ4v) is 3.30. The molecule has 1 aromatic carbocycles. The van der Waals surface area contributed by atoms with Crippen LogP contribution in [-0.2, 0) is 6.42 Å². The molecule has 23 heavy (non-hydrogen) atoms. The minimum atomic E-state index is 0.609. The monoisotopic (exact) mass is 305 g/mol. The van der Waals surface area contributed by atoms with E-state index >= 15 is 0 Å². The largest absolute Gasteiger partial charge is 0.361 e. The van der Waals surface area contributed by atoms with Gasteiger partial charge in [-0.3, -0.25) is 0 Å². The van der Waals surface area contributed by atoms with E-state index < -0.39 is 0 Å². The normalized spacial score (nSPS) is 19.8. The molecule has 1 fully saturated rings. The van der Waals surface area contributed by atoms with Gasteiger partial charge in [-0.05, 0) is 48.6 Å². The molecule has 2 heterocycles. The van der Waals surface area contributed by atoms with Crippen molar-refractivity contribution in [2.24, 2.45) is 5.92 Å². The molecule has 1 aliphatic carbocycles. The zero-order valence-electron chi connectivity index (χ0n) is 12.8. The minimum Gasteiger partial charge on any atom is -0.361 e. The molecule has 116 valence electrons. The summed E-state index contributed by atoms with van der Waals surface area (Å²) in [6.45, 7) is 2.02. The Morgan fingerprint density at radius 1 is 1.35 bits per heavy atom. The number of hydrogen-bond acceptors (Lipinski definition) is 3. The highest BCUT2D eigenvalue weighted by Gasteiger charge is 2.39. The number of H-pyrrole nitrogens is 2. The SMILES string of the molecule is N#Cc1ccc2[nH]cc([C@@H]3C[C@H]3CNCCc3cnc[nH]3)c2c1. The third-order valence-electron chi connectivity index (χ3n) is 4.70. The van der Waals surface area contributed by atoms with E-state index in [-0.39, 0.29) is 0 Å². The molecular formula is C18H19N5. The molecule has 0 amide bonds. The first kappa shape index (κ1) is 14.0. The summed E-state index contributed by atoms with van der Waals surface area (Å²) in [5.41, 5.74) is 4.38. The van der Waals surface area contributed by atoms with Crippen LogP contribution in [0.5, 0.6) is 0 Å². The first-order valence-corrected chi connectivity index (χ1v) is 8.04. The van der Waals surface area contributed by atoms with Crippen molar-refractivity contribution in [3.05, 3.63) is 53.7 Å². The molecular weight excluding hydrogens is 286 g/mol. The zero-order chi connectivity index (χ0) is 15.6. The summed E-state index contributed by atoms with van der Waals surface area (Å²) < 4.78 is 0. The molecule has 3 N–H and O–H groups in total. The number of aromatic nitrogens is 3. The summed E-state index contributed by atoms with van der Waals surface area (Å²) >= 11 is 0. The summed E-state index contributed by atoms with van der Waals surface area (Å²) in [5.74, 6) is 1.30. The van der Waals surface area contributed by atoms with Gasteiger partial charge >= 0.3 is 0 Å². The molecule has 4 rings (SSSR count). The van der Waals surface area contributed by atoms with E-state index in [0.29, 0.717) is 11.8 Å². The smallest absolute Gasteiger partial charge is 0.0991 e. The van der Waals surface area contributed by atoms with Crippen LogP contribution in [0.1, 0.15) is 29.2 Å². The number of aromatic amines is 2. The van der Waals surface area contributed by atoms with E-state index in [2.05, 4.69) is 32.5 Å². The first-order chi connectivity index (χ1) is 11.3. The summed E-state index contributed by atoms with van der Waals surface area (Å²) in [7, 11) is 0. The van der Waals surface area contributed by atoms with Crippen molar-refractivity contribution in [1.29, 1.82) is 5.26 Å². The quantitative estimate of drug-likeness (QED) is 0.613. The van der Waals surface area contributed by atoms with Crippen molar-refractivity contribution < 1.29 is 0 Å². The Hall–Kier alpha value is -2.58. The molecule has 0 saturated heterocycles. The van der Waals surface area contributed by atoms with Crippen LogP contribution in [0, 0.1) is 17.2 Å². The van der Waals surface area contributed by atoms with Crippen LogP contribution in [-0.4, -0.2) is 28.0 Å². The zero-order valence-corrected chi connectivity index (χ0v) is 12.8. The number of nitrogens with one attached hydrogen (secondary N) is 3. The topological polar surface area (TPSA) is 80.3 Å². The third kappa shape index (κ3) is 2.86. The summed E-state index contributed by atoms with van der Waals surface area (Å²) in [4.78, 5) is 10.5. The standard InChI is InChI=1S/C18H19N5/c19-7-12-1-2-18-16(5-12)17(10-22-18)15-6-13(15)8-20-4-3-14-9-21-11-23-14/h1-2,5,9-11,13,15,20,22H,3-4,6,8H2,(H,21,23)/t13-,15+/m0/s1. The molecule has 1 saturated carbocycles. The van der Waals surface area contributed by atoms with Crippen molar-refractivity contribution in [2.45, 2.75) is 18.8 Å². The van der Waals surface area contributed by atoms with Gasteiger partial charge in [0.15, 0.2) is 0 Å². The molecule has 0 radical (unpaired) electrons. The van der Waals surface area contributed by atoms with Gasteiger partial charge in [0, 0.05) is 42.0 Å². The Kier molecular flexibility index (Phi) is 3.60. The number of rotatable bonds is 6. The number of nitriles is 1. The average Bonchev–Trinajstić information content (AvgIpc) is 3.00. The second kappa shape index (κ2) is 5.90. The Balaban J connectivity index is 1.35. The van der Waals surface area contributed by atoms with Gasteiger partial charge in [-0.25, -0.2) is 4.98 Å². The molecule has 0 spiro atoms.